The summed E-state index contributed by atoms with van der Waals surface area (Å²) in [4.78, 5) is 12.0. The lowest BCUT2D eigenvalue weighted by atomic mass is 10.2. The summed E-state index contributed by atoms with van der Waals surface area (Å²) in [6.45, 7) is 1.81. The third-order valence-electron chi connectivity index (χ3n) is 3.98. The zero-order valence-corrected chi connectivity index (χ0v) is 17.1. The first-order chi connectivity index (χ1) is 13.4. The van der Waals surface area contributed by atoms with Gasteiger partial charge in [0.1, 0.15) is 9.96 Å². The fourth-order valence-electron chi connectivity index (χ4n) is 2.51. The number of sulfonamides is 1. The van der Waals surface area contributed by atoms with Gasteiger partial charge in [-0.05, 0) is 60.3 Å². The molecule has 1 N–H and O–H groups in total. The van der Waals surface area contributed by atoms with Gasteiger partial charge in [0, 0.05) is 12.7 Å². The van der Waals surface area contributed by atoms with Gasteiger partial charge >= 0.3 is 0 Å². The summed E-state index contributed by atoms with van der Waals surface area (Å²) in [5, 5.41) is 4.49. The molecule has 0 aliphatic heterocycles. The van der Waals surface area contributed by atoms with Crippen LogP contribution in [0.5, 0.6) is 5.75 Å². The van der Waals surface area contributed by atoms with E-state index in [1.807, 2.05) is 31.2 Å². The van der Waals surface area contributed by atoms with Crippen LogP contribution in [0.25, 0.3) is 0 Å². The molecule has 1 amide bonds. The second-order valence-corrected chi connectivity index (χ2v) is 9.25. The van der Waals surface area contributed by atoms with Crippen LogP contribution in [0.1, 0.15) is 5.56 Å². The molecule has 0 spiro atoms. The number of anilines is 2. The molecule has 0 radical (unpaired) electrons. The van der Waals surface area contributed by atoms with E-state index < -0.39 is 10.0 Å². The van der Waals surface area contributed by atoms with Crippen LogP contribution < -0.4 is 14.4 Å². The minimum atomic E-state index is -3.58. The average molecular weight is 417 g/mol. The Morgan fingerprint density at radius 1 is 1.11 bits per heavy atom. The Labute approximate surface area is 168 Å². The van der Waals surface area contributed by atoms with Crippen LogP contribution in [0.2, 0.25) is 0 Å². The van der Waals surface area contributed by atoms with E-state index in [-0.39, 0.29) is 16.7 Å². The van der Waals surface area contributed by atoms with Gasteiger partial charge in [0.2, 0.25) is 0 Å². The summed E-state index contributed by atoms with van der Waals surface area (Å²) in [6.07, 6.45) is 0. The molecule has 0 aliphatic rings. The van der Waals surface area contributed by atoms with Gasteiger partial charge in [0.25, 0.3) is 15.9 Å². The Balaban J connectivity index is 1.59. The van der Waals surface area contributed by atoms with Crippen molar-refractivity contribution in [3.63, 3.8) is 0 Å². The molecular weight excluding hydrogens is 396 g/mol. The van der Waals surface area contributed by atoms with Crippen molar-refractivity contribution in [1.82, 2.24) is 0 Å². The molecular formula is C20H20N2O4S2. The van der Waals surface area contributed by atoms with Gasteiger partial charge in [-0.2, -0.15) is 0 Å². The minimum absolute atomic E-state index is 0.142. The smallest absolute Gasteiger partial charge is 0.273 e. The number of carbonyl (C=O) groups is 1. The van der Waals surface area contributed by atoms with E-state index >= 15 is 0 Å². The highest BCUT2D eigenvalue weighted by molar-refractivity contribution is 7.94. The van der Waals surface area contributed by atoms with Gasteiger partial charge in [0.05, 0.1) is 5.69 Å². The Morgan fingerprint density at radius 3 is 2.50 bits per heavy atom. The highest BCUT2D eigenvalue weighted by Gasteiger charge is 2.22. The molecule has 146 valence electrons. The lowest BCUT2D eigenvalue weighted by molar-refractivity contribution is -0.118. The summed E-state index contributed by atoms with van der Waals surface area (Å²) in [7, 11) is -2.08. The van der Waals surface area contributed by atoms with Gasteiger partial charge in [-0.1, -0.05) is 18.2 Å². The van der Waals surface area contributed by atoms with E-state index in [0.717, 1.165) is 5.56 Å². The predicted octanol–water partition coefficient (Wildman–Crippen LogP) is 3.90. The monoisotopic (exact) mass is 416 g/mol. The Morgan fingerprint density at radius 2 is 1.86 bits per heavy atom. The van der Waals surface area contributed by atoms with Gasteiger partial charge in [-0.25, -0.2) is 8.42 Å². The molecule has 1 heterocycles. The number of aryl methyl sites for hydroxylation is 1. The van der Waals surface area contributed by atoms with Crippen molar-refractivity contribution in [2.24, 2.45) is 0 Å². The van der Waals surface area contributed by atoms with Crippen molar-refractivity contribution in [3.05, 3.63) is 71.6 Å². The summed E-state index contributed by atoms with van der Waals surface area (Å²) < 4.78 is 32.1. The van der Waals surface area contributed by atoms with E-state index in [0.29, 0.717) is 17.1 Å². The Bertz CT molecular complexity index is 1050. The van der Waals surface area contributed by atoms with Crippen LogP contribution in [-0.2, 0) is 14.8 Å². The summed E-state index contributed by atoms with van der Waals surface area (Å²) in [5.41, 5.74) is 2.27. The van der Waals surface area contributed by atoms with Crippen molar-refractivity contribution >= 4 is 38.6 Å². The molecule has 0 atom stereocenters. The third kappa shape index (κ3) is 4.71. The van der Waals surface area contributed by atoms with Crippen molar-refractivity contribution in [1.29, 1.82) is 0 Å². The summed E-state index contributed by atoms with van der Waals surface area (Å²) in [5.74, 6) is 0.206. The maximum Gasteiger partial charge on any atom is 0.273 e. The molecule has 6 nitrogen and oxygen atoms in total. The van der Waals surface area contributed by atoms with Crippen LogP contribution >= 0.6 is 11.3 Å². The summed E-state index contributed by atoms with van der Waals surface area (Å²) >= 11 is 1.17. The molecule has 3 aromatic rings. The molecule has 8 heteroatoms. The van der Waals surface area contributed by atoms with E-state index in [4.69, 9.17) is 4.74 Å². The highest BCUT2D eigenvalue weighted by atomic mass is 32.2. The van der Waals surface area contributed by atoms with Crippen molar-refractivity contribution in [2.45, 2.75) is 11.1 Å². The second kappa shape index (κ2) is 8.45. The lowest BCUT2D eigenvalue weighted by Crippen LogP contribution is -2.25. The van der Waals surface area contributed by atoms with Gasteiger partial charge in [-0.15, -0.1) is 11.3 Å². The number of benzene rings is 2. The molecule has 0 fully saturated rings. The third-order valence-corrected chi connectivity index (χ3v) is 7.14. The maximum absolute atomic E-state index is 12.5. The minimum Gasteiger partial charge on any atom is -0.484 e. The van der Waals surface area contributed by atoms with Crippen LogP contribution in [0.4, 0.5) is 11.4 Å². The van der Waals surface area contributed by atoms with Gasteiger partial charge in [-0.3, -0.25) is 9.10 Å². The fraction of sp³-hybridized carbons (Fsp3) is 0.150. The van der Waals surface area contributed by atoms with Crippen molar-refractivity contribution < 1.29 is 17.9 Å². The molecule has 1 aromatic heterocycles. The highest BCUT2D eigenvalue weighted by Crippen LogP contribution is 2.26. The average Bonchev–Trinajstić information content (AvgIpc) is 3.22. The first-order valence-corrected chi connectivity index (χ1v) is 10.8. The van der Waals surface area contributed by atoms with E-state index in [1.54, 1.807) is 41.8 Å². The molecule has 3 rings (SSSR count). The first kappa shape index (κ1) is 19.9. The number of hydrogen-bond donors (Lipinski definition) is 1. The van der Waals surface area contributed by atoms with Crippen LogP contribution in [0.15, 0.2) is 70.3 Å². The van der Waals surface area contributed by atoms with Gasteiger partial charge < -0.3 is 10.1 Å². The number of rotatable bonds is 7. The number of carbonyl (C=O) groups excluding carboxylic acids is 1. The van der Waals surface area contributed by atoms with Crippen LogP contribution in [0.3, 0.4) is 0 Å². The SMILES string of the molecule is Cc1cccc(NC(=O)COc2ccc(N(C)S(=O)(=O)c3cccs3)cc2)c1. The largest absolute Gasteiger partial charge is 0.484 e. The predicted molar refractivity (Wildman–Crippen MR) is 112 cm³/mol. The number of nitrogens with one attached hydrogen (secondary N) is 1. The number of ether oxygens (including phenoxy) is 1. The topological polar surface area (TPSA) is 75.7 Å². The molecule has 0 unspecified atom stereocenters. The quantitative estimate of drug-likeness (QED) is 0.634. The molecule has 28 heavy (non-hydrogen) atoms. The zero-order chi connectivity index (χ0) is 20.1. The van der Waals surface area contributed by atoms with E-state index in [1.165, 1.54) is 22.7 Å². The number of amides is 1. The number of hydrogen-bond acceptors (Lipinski definition) is 5. The molecule has 0 aliphatic carbocycles. The fourth-order valence-corrected chi connectivity index (χ4v) is 4.86. The van der Waals surface area contributed by atoms with E-state index in [9.17, 15) is 13.2 Å². The van der Waals surface area contributed by atoms with E-state index in [2.05, 4.69) is 5.32 Å². The molecule has 0 bridgehead atoms. The first-order valence-electron chi connectivity index (χ1n) is 8.48. The molecule has 2 aromatic carbocycles. The summed E-state index contributed by atoms with van der Waals surface area (Å²) in [6, 6.07) is 17.3. The van der Waals surface area contributed by atoms with Gasteiger partial charge in [0.15, 0.2) is 6.61 Å². The van der Waals surface area contributed by atoms with Crippen LogP contribution in [-0.4, -0.2) is 28.0 Å². The molecule has 0 saturated carbocycles. The number of nitrogens with zero attached hydrogens (tertiary/aromatic N) is 1. The normalized spacial score (nSPS) is 11.1. The Hall–Kier alpha value is -2.84. The van der Waals surface area contributed by atoms with Crippen LogP contribution in [0, 0.1) is 6.92 Å². The maximum atomic E-state index is 12.5. The van der Waals surface area contributed by atoms with Crippen molar-refractivity contribution in [2.75, 3.05) is 23.3 Å². The number of thiophene rings is 1. The lowest BCUT2D eigenvalue weighted by Gasteiger charge is -2.18. The standard InChI is InChI=1S/C20H20N2O4S2/c1-15-5-3-6-16(13-15)21-19(23)14-26-18-10-8-17(9-11-18)22(2)28(24,25)20-7-4-12-27-20/h3-13H,14H2,1-2H3,(H,21,23). The second-order valence-electron chi connectivity index (χ2n) is 6.10. The van der Waals surface area contributed by atoms with Crippen molar-refractivity contribution in [3.8, 4) is 5.75 Å². The molecule has 0 saturated heterocycles. The zero-order valence-electron chi connectivity index (χ0n) is 15.5. The Kier molecular flexibility index (Phi) is 6.01.